The lowest BCUT2D eigenvalue weighted by Gasteiger charge is -2.30. The van der Waals surface area contributed by atoms with Crippen LogP contribution >= 0.6 is 23.4 Å². The summed E-state index contributed by atoms with van der Waals surface area (Å²) in [5, 5.41) is 0.0667. The van der Waals surface area contributed by atoms with Crippen LogP contribution in [0.25, 0.3) is 0 Å². The Bertz CT molecular complexity index is 1140. The van der Waals surface area contributed by atoms with Gasteiger partial charge in [-0.25, -0.2) is 8.42 Å². The van der Waals surface area contributed by atoms with Gasteiger partial charge in [0.15, 0.2) is 21.4 Å². The van der Waals surface area contributed by atoms with E-state index in [1.165, 1.54) is 18.2 Å². The smallest absolute Gasteiger partial charge is 0.178 e. The minimum Gasteiger partial charge on any atom is -0.294 e. The molecule has 0 aromatic heterocycles. The summed E-state index contributed by atoms with van der Waals surface area (Å²) in [5.41, 5.74) is -0.887. The largest absolute Gasteiger partial charge is 0.294 e. The Morgan fingerprint density at radius 2 is 1.90 bits per heavy atom. The number of Topliss-reactive ketones (excluding diaryl/α,β-unsaturated/α-hetero) is 1. The topological polar surface area (TPSA) is 68.3 Å². The molecule has 0 N–H and O–H groups in total. The second kappa shape index (κ2) is 7.42. The second-order valence-electron chi connectivity index (χ2n) is 7.59. The summed E-state index contributed by atoms with van der Waals surface area (Å²) in [6, 6.07) is 13.9. The number of fused-ring (bicyclic) bond motifs is 2. The van der Waals surface area contributed by atoms with Gasteiger partial charge in [0.1, 0.15) is 0 Å². The van der Waals surface area contributed by atoms with Gasteiger partial charge in [-0.1, -0.05) is 41.6 Å². The van der Waals surface area contributed by atoms with E-state index in [4.69, 9.17) is 11.6 Å². The van der Waals surface area contributed by atoms with Crippen molar-refractivity contribution in [2.75, 3.05) is 6.26 Å². The first-order valence-corrected chi connectivity index (χ1v) is 12.3. The normalized spacial score (nSPS) is 23.7. The summed E-state index contributed by atoms with van der Waals surface area (Å²) in [5.74, 6) is -0.330. The number of carbonyl (C=O) groups excluding carboxylic acids is 2. The maximum atomic E-state index is 13.3. The van der Waals surface area contributed by atoms with Crippen molar-refractivity contribution in [2.24, 2.45) is 11.3 Å². The Morgan fingerprint density at radius 1 is 1.17 bits per heavy atom. The molecule has 0 amide bonds. The fourth-order valence-electron chi connectivity index (χ4n) is 4.12. The quantitative estimate of drug-likeness (QED) is 0.479. The highest BCUT2D eigenvalue weighted by Gasteiger charge is 2.54. The van der Waals surface area contributed by atoms with Crippen molar-refractivity contribution < 1.29 is 18.0 Å². The van der Waals surface area contributed by atoms with Gasteiger partial charge in [-0.05, 0) is 66.5 Å². The number of rotatable bonds is 5. The Labute approximate surface area is 179 Å². The predicted octanol–water partition coefficient (Wildman–Crippen LogP) is 4.97. The van der Waals surface area contributed by atoms with Gasteiger partial charge in [0, 0.05) is 16.7 Å². The molecule has 1 saturated carbocycles. The Balaban J connectivity index is 1.64. The van der Waals surface area contributed by atoms with Gasteiger partial charge in [0.2, 0.25) is 0 Å². The number of carbonyl (C=O) groups is 2. The molecule has 150 valence electrons. The van der Waals surface area contributed by atoms with Crippen molar-refractivity contribution in [3.63, 3.8) is 0 Å². The van der Waals surface area contributed by atoms with Gasteiger partial charge in [-0.2, -0.15) is 0 Å². The van der Waals surface area contributed by atoms with Crippen LogP contribution in [-0.2, 0) is 14.6 Å². The molecule has 2 aromatic rings. The number of allylic oxidation sites excluding steroid dienone is 2. The summed E-state index contributed by atoms with van der Waals surface area (Å²) in [4.78, 5) is 28.5. The molecule has 0 spiro atoms. The van der Waals surface area contributed by atoms with Crippen LogP contribution in [-0.4, -0.2) is 26.2 Å². The Hall–Kier alpha value is -1.89. The third kappa shape index (κ3) is 3.69. The number of hydrogen-bond donors (Lipinski definition) is 0. The average molecular weight is 447 g/mol. The van der Waals surface area contributed by atoms with Gasteiger partial charge in [0.25, 0.3) is 0 Å². The number of ketones is 2. The summed E-state index contributed by atoms with van der Waals surface area (Å²) < 4.78 is 23.4. The van der Waals surface area contributed by atoms with E-state index >= 15 is 0 Å². The fraction of sp³-hybridized carbons (Fsp3) is 0.273. The van der Waals surface area contributed by atoms with E-state index < -0.39 is 15.3 Å². The van der Waals surface area contributed by atoms with Gasteiger partial charge >= 0.3 is 0 Å². The zero-order chi connectivity index (χ0) is 20.8. The monoisotopic (exact) mass is 446 g/mol. The highest BCUT2D eigenvalue weighted by atomic mass is 35.5. The SMILES string of the molecule is CS(=O)(=O)c1ccc(C(=O)C23CCC(C2)C(Sc2ccccc2)=CC3=O)c(Cl)c1. The Kier molecular flexibility index (Phi) is 5.21. The Morgan fingerprint density at radius 3 is 2.55 bits per heavy atom. The van der Waals surface area contributed by atoms with E-state index in [0.717, 1.165) is 22.5 Å². The van der Waals surface area contributed by atoms with Gasteiger partial charge < -0.3 is 0 Å². The maximum Gasteiger partial charge on any atom is 0.178 e. The van der Waals surface area contributed by atoms with Gasteiger partial charge in [-0.15, -0.1) is 0 Å². The molecule has 7 heteroatoms. The van der Waals surface area contributed by atoms with Crippen LogP contribution in [0.3, 0.4) is 0 Å². The predicted molar refractivity (Wildman–Crippen MR) is 114 cm³/mol. The van der Waals surface area contributed by atoms with Crippen molar-refractivity contribution >= 4 is 44.8 Å². The van der Waals surface area contributed by atoms with E-state index in [9.17, 15) is 18.0 Å². The van der Waals surface area contributed by atoms with Crippen LogP contribution in [0.15, 0.2) is 69.3 Å². The molecule has 0 radical (unpaired) electrons. The fourth-order valence-corrected chi connectivity index (χ4v) is 6.20. The summed E-state index contributed by atoms with van der Waals surface area (Å²) in [6.07, 6.45) is 4.43. The summed E-state index contributed by atoms with van der Waals surface area (Å²) in [6.45, 7) is 0. The average Bonchev–Trinajstić information content (AvgIpc) is 3.08. The van der Waals surface area contributed by atoms with Crippen LogP contribution in [0.5, 0.6) is 0 Å². The van der Waals surface area contributed by atoms with Crippen LogP contribution in [0.2, 0.25) is 5.02 Å². The first kappa shape index (κ1) is 20.4. The van der Waals surface area contributed by atoms with E-state index in [2.05, 4.69) is 0 Å². The van der Waals surface area contributed by atoms with E-state index in [-0.39, 0.29) is 33.0 Å². The third-order valence-electron chi connectivity index (χ3n) is 5.69. The molecular formula is C22H19ClO4S2. The van der Waals surface area contributed by atoms with Crippen molar-refractivity contribution in [1.29, 1.82) is 0 Å². The zero-order valence-electron chi connectivity index (χ0n) is 15.7. The lowest BCUT2D eigenvalue weighted by Crippen LogP contribution is -2.38. The lowest BCUT2D eigenvalue weighted by molar-refractivity contribution is -0.121. The van der Waals surface area contributed by atoms with Crippen molar-refractivity contribution in [3.05, 3.63) is 70.1 Å². The molecule has 0 heterocycles. The highest BCUT2D eigenvalue weighted by molar-refractivity contribution is 8.03. The lowest BCUT2D eigenvalue weighted by atomic mass is 9.72. The standard InChI is InChI=1S/C22H19ClO4S2/c1-29(26,27)16-7-8-17(18(23)11-16)21(25)22-10-9-14(13-22)19(12-20(22)24)28-15-5-3-2-4-6-15/h2-8,11-12,14H,9-10,13H2,1H3. The highest BCUT2D eigenvalue weighted by Crippen LogP contribution is 2.54. The van der Waals surface area contributed by atoms with Gasteiger partial charge in [0.05, 0.1) is 15.3 Å². The van der Waals surface area contributed by atoms with Crippen molar-refractivity contribution in [3.8, 4) is 0 Å². The summed E-state index contributed by atoms with van der Waals surface area (Å²) in [7, 11) is -3.43. The maximum absolute atomic E-state index is 13.3. The minimum atomic E-state index is -3.43. The molecule has 1 fully saturated rings. The molecule has 2 aromatic carbocycles. The molecule has 0 saturated heterocycles. The molecule has 2 aliphatic rings. The number of hydrogen-bond acceptors (Lipinski definition) is 5. The molecule has 4 rings (SSSR count). The zero-order valence-corrected chi connectivity index (χ0v) is 18.1. The summed E-state index contributed by atoms with van der Waals surface area (Å²) >= 11 is 7.83. The second-order valence-corrected chi connectivity index (χ2v) is 11.2. The number of halogens is 1. The molecule has 0 aliphatic heterocycles. The molecular weight excluding hydrogens is 428 g/mol. The first-order valence-electron chi connectivity index (χ1n) is 9.24. The van der Waals surface area contributed by atoms with Crippen LogP contribution in [0.1, 0.15) is 29.6 Å². The van der Waals surface area contributed by atoms with Crippen molar-refractivity contribution in [1.82, 2.24) is 0 Å². The number of thioether (sulfide) groups is 1. The van der Waals surface area contributed by atoms with E-state index in [1.807, 2.05) is 30.3 Å². The van der Waals surface area contributed by atoms with E-state index in [1.54, 1.807) is 17.8 Å². The van der Waals surface area contributed by atoms with Gasteiger partial charge in [-0.3, -0.25) is 9.59 Å². The first-order chi connectivity index (χ1) is 13.7. The molecule has 2 atom stereocenters. The van der Waals surface area contributed by atoms with Crippen LogP contribution < -0.4 is 0 Å². The molecule has 2 unspecified atom stereocenters. The van der Waals surface area contributed by atoms with Crippen LogP contribution in [0.4, 0.5) is 0 Å². The number of sulfone groups is 1. The molecule has 29 heavy (non-hydrogen) atoms. The minimum absolute atomic E-state index is 0.0530. The third-order valence-corrected chi connectivity index (χ3v) is 8.31. The van der Waals surface area contributed by atoms with E-state index in [0.29, 0.717) is 12.8 Å². The molecule has 4 nitrogen and oxygen atoms in total. The number of benzene rings is 2. The van der Waals surface area contributed by atoms with Crippen LogP contribution in [0, 0.1) is 11.3 Å². The molecule has 2 bridgehead atoms. The molecule has 2 aliphatic carbocycles. The van der Waals surface area contributed by atoms with Crippen molar-refractivity contribution in [2.45, 2.75) is 29.1 Å².